The van der Waals surface area contributed by atoms with Crippen LogP contribution in [0.15, 0.2) is 42.5 Å². The zero-order chi connectivity index (χ0) is 22.9. The number of nitrogens with one attached hydrogen (secondary N) is 1. The summed E-state index contributed by atoms with van der Waals surface area (Å²) in [5.74, 6) is 0.917. The van der Waals surface area contributed by atoms with Gasteiger partial charge in [-0.1, -0.05) is 18.2 Å². The third kappa shape index (κ3) is 3.88. The molecule has 1 amide bonds. The highest BCUT2D eigenvalue weighted by Gasteiger charge is 2.32. The third-order valence-corrected chi connectivity index (χ3v) is 6.50. The standard InChI is InChI=1S/C26H23N5O2.H2/c1-16-4-7-19(26(32)31-14-20(15-31)18-8-5-17(12-27)6-9-18)11-21(16)24-22(13-28)29-25(30-24)23-3-2-10-33-23;/h4-9,11,20,23H,2-3,10,14-15H2,1H3,(H,29,30);1H. The number of rotatable bonds is 4. The summed E-state index contributed by atoms with van der Waals surface area (Å²) >= 11 is 0. The fraction of sp³-hybridized carbons (Fsp3) is 0.308. The summed E-state index contributed by atoms with van der Waals surface area (Å²) < 4.78 is 5.71. The number of imidazole rings is 1. The molecule has 3 heterocycles. The highest BCUT2D eigenvalue weighted by atomic mass is 16.5. The number of aryl methyl sites for hydroxylation is 1. The number of aromatic nitrogens is 2. The molecule has 1 atom stereocenters. The topological polar surface area (TPSA) is 106 Å². The first kappa shape index (κ1) is 20.9. The van der Waals surface area contributed by atoms with Crippen LogP contribution in [0.5, 0.6) is 0 Å². The van der Waals surface area contributed by atoms with E-state index >= 15 is 0 Å². The van der Waals surface area contributed by atoms with Crippen molar-refractivity contribution in [2.75, 3.05) is 19.7 Å². The molecule has 0 saturated carbocycles. The summed E-state index contributed by atoms with van der Waals surface area (Å²) in [4.78, 5) is 22.7. The van der Waals surface area contributed by atoms with Gasteiger partial charge in [0.1, 0.15) is 18.0 Å². The maximum absolute atomic E-state index is 13.1. The summed E-state index contributed by atoms with van der Waals surface area (Å²) in [5, 5.41) is 18.6. The molecule has 0 radical (unpaired) electrons. The molecule has 1 aromatic heterocycles. The van der Waals surface area contributed by atoms with Crippen LogP contribution in [0.3, 0.4) is 0 Å². The van der Waals surface area contributed by atoms with E-state index in [-0.39, 0.29) is 19.4 Å². The van der Waals surface area contributed by atoms with E-state index in [1.165, 1.54) is 0 Å². The highest BCUT2D eigenvalue weighted by Crippen LogP contribution is 2.33. The number of ether oxygens (including phenoxy) is 1. The number of nitrogens with zero attached hydrogens (tertiary/aromatic N) is 4. The van der Waals surface area contributed by atoms with Gasteiger partial charge in [0.2, 0.25) is 0 Å². The van der Waals surface area contributed by atoms with Gasteiger partial charge in [-0.05, 0) is 55.2 Å². The quantitative estimate of drug-likeness (QED) is 0.646. The van der Waals surface area contributed by atoms with Gasteiger partial charge in [0.05, 0.1) is 17.3 Å². The number of H-pyrrole nitrogens is 1. The van der Waals surface area contributed by atoms with Gasteiger partial charge in [0.15, 0.2) is 5.69 Å². The van der Waals surface area contributed by atoms with Crippen LogP contribution in [0.4, 0.5) is 0 Å². The molecule has 2 aromatic carbocycles. The zero-order valence-corrected chi connectivity index (χ0v) is 18.3. The Hall–Kier alpha value is -3.94. The maximum Gasteiger partial charge on any atom is 0.253 e. The number of nitriles is 2. The smallest absolute Gasteiger partial charge is 0.253 e. The van der Waals surface area contributed by atoms with Gasteiger partial charge in [-0.15, -0.1) is 0 Å². The van der Waals surface area contributed by atoms with Crippen molar-refractivity contribution in [3.05, 3.63) is 76.2 Å². The number of benzene rings is 2. The van der Waals surface area contributed by atoms with Crippen molar-refractivity contribution in [1.82, 2.24) is 14.9 Å². The minimum atomic E-state index is -0.115. The molecule has 0 aliphatic carbocycles. The Labute approximate surface area is 193 Å². The Balaban J connectivity index is 0.00000274. The van der Waals surface area contributed by atoms with Crippen LogP contribution < -0.4 is 0 Å². The summed E-state index contributed by atoms with van der Waals surface area (Å²) in [6, 6.07) is 17.4. The number of carbonyl (C=O) groups excluding carboxylic acids is 1. The summed E-state index contributed by atoms with van der Waals surface area (Å²) in [6.07, 6.45) is 1.74. The van der Waals surface area contributed by atoms with Gasteiger partial charge in [0, 0.05) is 38.2 Å². The summed E-state index contributed by atoms with van der Waals surface area (Å²) in [7, 11) is 0. The first-order chi connectivity index (χ1) is 16.1. The second-order valence-corrected chi connectivity index (χ2v) is 8.63. The van der Waals surface area contributed by atoms with Crippen LogP contribution >= 0.6 is 0 Å². The number of aromatic amines is 1. The Bertz CT molecular complexity index is 1290. The zero-order valence-electron chi connectivity index (χ0n) is 18.3. The molecule has 7 heteroatoms. The Kier molecular flexibility index (Phi) is 5.42. The monoisotopic (exact) mass is 439 g/mol. The first-order valence-corrected chi connectivity index (χ1v) is 11.1. The number of carbonyl (C=O) groups is 1. The lowest BCUT2D eigenvalue weighted by Gasteiger charge is -2.39. The van der Waals surface area contributed by atoms with Crippen molar-refractivity contribution in [1.29, 1.82) is 10.5 Å². The van der Waals surface area contributed by atoms with Gasteiger partial charge in [-0.25, -0.2) is 4.98 Å². The molecule has 2 aliphatic rings. The van der Waals surface area contributed by atoms with Crippen molar-refractivity contribution >= 4 is 5.91 Å². The van der Waals surface area contributed by atoms with Crippen LogP contribution in [-0.4, -0.2) is 40.5 Å². The maximum atomic E-state index is 13.1. The van der Waals surface area contributed by atoms with Gasteiger partial charge < -0.3 is 14.6 Å². The van der Waals surface area contributed by atoms with E-state index in [1.807, 2.05) is 54.3 Å². The Morgan fingerprint density at radius 3 is 2.64 bits per heavy atom. The predicted octanol–water partition coefficient (Wildman–Crippen LogP) is 4.47. The molecule has 1 unspecified atom stereocenters. The lowest BCUT2D eigenvalue weighted by molar-refractivity contribution is 0.0602. The average molecular weight is 440 g/mol. The third-order valence-electron chi connectivity index (χ3n) is 6.50. The van der Waals surface area contributed by atoms with E-state index in [1.54, 1.807) is 0 Å². The van der Waals surface area contributed by atoms with E-state index in [0.29, 0.717) is 48.0 Å². The molecule has 1 N–H and O–H groups in total. The number of hydrogen-bond acceptors (Lipinski definition) is 5. The molecule has 3 aromatic rings. The first-order valence-electron chi connectivity index (χ1n) is 11.1. The van der Waals surface area contributed by atoms with Gasteiger partial charge in [0.25, 0.3) is 5.91 Å². The average Bonchev–Trinajstić information content (AvgIpc) is 3.48. The van der Waals surface area contributed by atoms with E-state index in [9.17, 15) is 10.1 Å². The summed E-state index contributed by atoms with van der Waals surface area (Å²) in [5.41, 5.74) is 5.08. The van der Waals surface area contributed by atoms with Crippen LogP contribution in [0.25, 0.3) is 11.3 Å². The van der Waals surface area contributed by atoms with Crippen molar-refractivity contribution in [3.63, 3.8) is 0 Å². The largest absolute Gasteiger partial charge is 0.370 e. The normalized spacial score (nSPS) is 17.9. The Morgan fingerprint density at radius 2 is 1.97 bits per heavy atom. The van der Waals surface area contributed by atoms with Crippen LogP contribution in [0, 0.1) is 29.6 Å². The molecular formula is C26H25N5O2. The number of amides is 1. The molecule has 166 valence electrons. The van der Waals surface area contributed by atoms with Crippen LogP contribution in [0.1, 0.15) is 64.9 Å². The number of likely N-dealkylation sites (tertiary alicyclic amines) is 1. The molecule has 33 heavy (non-hydrogen) atoms. The molecule has 2 aliphatic heterocycles. The lowest BCUT2D eigenvalue weighted by Crippen LogP contribution is -2.48. The second-order valence-electron chi connectivity index (χ2n) is 8.63. The molecule has 2 fully saturated rings. The van der Waals surface area contributed by atoms with E-state index in [4.69, 9.17) is 10.00 Å². The van der Waals surface area contributed by atoms with Crippen LogP contribution in [0.2, 0.25) is 0 Å². The molecular weight excluding hydrogens is 414 g/mol. The van der Waals surface area contributed by atoms with Crippen molar-refractivity contribution in [2.45, 2.75) is 31.8 Å². The molecule has 5 rings (SSSR count). The number of hydrogen-bond donors (Lipinski definition) is 1. The van der Waals surface area contributed by atoms with E-state index in [2.05, 4.69) is 22.1 Å². The lowest BCUT2D eigenvalue weighted by atomic mass is 9.90. The SMILES string of the molecule is Cc1ccc(C(=O)N2CC(c3ccc(C#N)cc3)C2)cc1-c1[nH]c(C2CCCO2)nc1C#N.[HH]. The molecule has 0 spiro atoms. The fourth-order valence-corrected chi connectivity index (χ4v) is 4.51. The van der Waals surface area contributed by atoms with Gasteiger partial charge >= 0.3 is 0 Å². The minimum absolute atomic E-state index is 0. The van der Waals surface area contributed by atoms with Crippen molar-refractivity contribution in [3.8, 4) is 23.4 Å². The molecule has 7 nitrogen and oxygen atoms in total. The van der Waals surface area contributed by atoms with Gasteiger partial charge in [-0.2, -0.15) is 10.5 Å². The Morgan fingerprint density at radius 1 is 1.18 bits per heavy atom. The fourth-order valence-electron chi connectivity index (χ4n) is 4.51. The molecule has 0 bridgehead atoms. The van der Waals surface area contributed by atoms with Crippen LogP contribution in [-0.2, 0) is 4.74 Å². The second kappa shape index (κ2) is 8.54. The molecule has 2 saturated heterocycles. The summed E-state index contributed by atoms with van der Waals surface area (Å²) in [6.45, 7) is 3.95. The predicted molar refractivity (Wildman–Crippen MR) is 123 cm³/mol. The highest BCUT2D eigenvalue weighted by molar-refractivity contribution is 5.96. The van der Waals surface area contributed by atoms with Crippen molar-refractivity contribution < 1.29 is 11.0 Å². The minimum Gasteiger partial charge on any atom is -0.370 e. The van der Waals surface area contributed by atoms with E-state index < -0.39 is 0 Å². The van der Waals surface area contributed by atoms with E-state index in [0.717, 1.165) is 29.5 Å². The van der Waals surface area contributed by atoms with Crippen molar-refractivity contribution in [2.24, 2.45) is 0 Å². The van der Waals surface area contributed by atoms with Gasteiger partial charge in [-0.3, -0.25) is 4.79 Å².